The van der Waals surface area contributed by atoms with E-state index < -0.39 is 0 Å². The second-order valence-electron chi connectivity index (χ2n) is 9.48. The van der Waals surface area contributed by atoms with Gasteiger partial charge in [0.1, 0.15) is 0 Å². The molecule has 0 aliphatic heterocycles. The third-order valence-corrected chi connectivity index (χ3v) is 6.53. The van der Waals surface area contributed by atoms with Crippen molar-refractivity contribution in [2.24, 2.45) is 5.92 Å². The number of fused-ring (bicyclic) bond motifs is 2. The van der Waals surface area contributed by atoms with Gasteiger partial charge in [-0.3, -0.25) is 4.79 Å². The van der Waals surface area contributed by atoms with Crippen molar-refractivity contribution >= 4 is 16.8 Å². The van der Waals surface area contributed by atoms with Crippen LogP contribution >= 0.6 is 0 Å². The average Bonchev–Trinajstić information content (AvgIpc) is 2.83. The topological polar surface area (TPSA) is 42.0 Å². The predicted molar refractivity (Wildman–Crippen MR) is 135 cm³/mol. The van der Waals surface area contributed by atoms with Gasteiger partial charge in [-0.15, -0.1) is 0 Å². The predicted octanol–water partition coefficient (Wildman–Crippen LogP) is 6.91. The fourth-order valence-electron chi connectivity index (χ4n) is 4.93. The van der Waals surface area contributed by atoms with Crippen molar-refractivity contribution in [1.82, 2.24) is 10.3 Å². The van der Waals surface area contributed by atoms with Crippen LogP contribution in [0.5, 0.6) is 0 Å². The van der Waals surface area contributed by atoms with E-state index in [1.165, 1.54) is 16.7 Å². The van der Waals surface area contributed by atoms with Gasteiger partial charge >= 0.3 is 0 Å². The monoisotopic (exact) mass is 434 g/mol. The third-order valence-electron chi connectivity index (χ3n) is 6.53. The lowest BCUT2D eigenvalue weighted by molar-refractivity contribution is 0.0934. The van der Waals surface area contributed by atoms with Crippen LogP contribution in [0.2, 0.25) is 0 Å². The first-order valence-corrected chi connectivity index (χ1v) is 12.0. The highest BCUT2D eigenvalue weighted by Crippen LogP contribution is 2.31. The molecule has 0 unspecified atom stereocenters. The minimum absolute atomic E-state index is 0.0343. The molecule has 0 saturated carbocycles. The van der Waals surface area contributed by atoms with Crippen LogP contribution in [0.25, 0.3) is 22.2 Å². The Morgan fingerprint density at radius 1 is 1.00 bits per heavy atom. The third kappa shape index (κ3) is 4.54. The average molecular weight is 435 g/mol. The second-order valence-corrected chi connectivity index (χ2v) is 9.48. The van der Waals surface area contributed by atoms with Gasteiger partial charge in [0.15, 0.2) is 0 Å². The van der Waals surface area contributed by atoms with Crippen molar-refractivity contribution in [2.75, 3.05) is 0 Å². The lowest BCUT2D eigenvalue weighted by Crippen LogP contribution is -2.31. The molecular formula is C30H30N2O. The summed E-state index contributed by atoms with van der Waals surface area (Å²) in [5, 5.41) is 4.21. The fourth-order valence-corrected chi connectivity index (χ4v) is 4.93. The van der Waals surface area contributed by atoms with Crippen molar-refractivity contribution in [1.29, 1.82) is 0 Å². The van der Waals surface area contributed by atoms with E-state index in [-0.39, 0.29) is 11.9 Å². The Morgan fingerprint density at radius 3 is 2.58 bits per heavy atom. The van der Waals surface area contributed by atoms with Crippen LogP contribution in [-0.4, -0.2) is 10.9 Å². The lowest BCUT2D eigenvalue weighted by Gasteiger charge is -2.26. The number of para-hydroxylation sites is 1. The van der Waals surface area contributed by atoms with Crippen molar-refractivity contribution in [3.8, 4) is 11.3 Å². The Kier molecular flexibility index (Phi) is 5.95. The first-order chi connectivity index (χ1) is 16.1. The second kappa shape index (κ2) is 9.19. The number of hydrogen-bond acceptors (Lipinski definition) is 2. The molecule has 1 heterocycles. The molecule has 3 heteroatoms. The first-order valence-electron chi connectivity index (χ1n) is 12.0. The van der Waals surface area contributed by atoms with Crippen molar-refractivity contribution in [3.05, 3.63) is 101 Å². The number of aromatic nitrogens is 1. The minimum Gasteiger partial charge on any atom is -0.345 e. The normalized spacial score (nSPS) is 15.4. The quantitative estimate of drug-likeness (QED) is 0.371. The molecule has 166 valence electrons. The number of amides is 1. The molecule has 0 spiro atoms. The van der Waals surface area contributed by atoms with Crippen molar-refractivity contribution < 1.29 is 4.79 Å². The molecule has 3 nitrogen and oxygen atoms in total. The zero-order valence-electron chi connectivity index (χ0n) is 19.3. The number of nitrogens with one attached hydrogen (secondary N) is 1. The Labute approximate surface area is 195 Å². The molecule has 4 aromatic rings. The molecule has 3 aromatic carbocycles. The lowest BCUT2D eigenvalue weighted by atomic mass is 9.87. The Bertz CT molecular complexity index is 1290. The maximum Gasteiger partial charge on any atom is 0.252 e. The van der Waals surface area contributed by atoms with Crippen LogP contribution in [0.15, 0.2) is 78.9 Å². The molecule has 0 fully saturated rings. The number of hydrogen-bond donors (Lipinski definition) is 1. The van der Waals surface area contributed by atoms with E-state index >= 15 is 0 Å². The molecule has 5 rings (SSSR count). The summed E-state index contributed by atoms with van der Waals surface area (Å²) in [4.78, 5) is 18.4. The van der Waals surface area contributed by atoms with Crippen LogP contribution in [0.1, 0.15) is 59.8 Å². The van der Waals surface area contributed by atoms with Crippen molar-refractivity contribution in [2.45, 2.75) is 45.6 Å². The van der Waals surface area contributed by atoms with E-state index in [2.05, 4.69) is 67.7 Å². The number of rotatable bonds is 5. The molecule has 0 radical (unpaired) electrons. The van der Waals surface area contributed by atoms with E-state index in [0.717, 1.165) is 47.8 Å². The summed E-state index contributed by atoms with van der Waals surface area (Å²) in [6, 6.07) is 27.0. The number of nitrogens with zero attached hydrogens (tertiary/aromatic N) is 1. The molecule has 1 aliphatic rings. The van der Waals surface area contributed by atoms with Gasteiger partial charge in [-0.25, -0.2) is 4.98 Å². The largest absolute Gasteiger partial charge is 0.345 e. The van der Waals surface area contributed by atoms with Gasteiger partial charge in [0, 0.05) is 10.9 Å². The summed E-state index contributed by atoms with van der Waals surface area (Å²) < 4.78 is 0. The molecular weight excluding hydrogens is 404 g/mol. The molecule has 1 N–H and O–H groups in total. The molecule has 1 aliphatic carbocycles. The maximum absolute atomic E-state index is 13.6. The van der Waals surface area contributed by atoms with E-state index in [1.807, 2.05) is 30.3 Å². The molecule has 33 heavy (non-hydrogen) atoms. The molecule has 1 atom stereocenters. The van der Waals surface area contributed by atoms with Gasteiger partial charge in [0.2, 0.25) is 0 Å². The van der Waals surface area contributed by atoms with Crippen LogP contribution in [0.3, 0.4) is 0 Å². The standard InChI is InChI=1S/C30H30N2O/c1-20(2)18-21-14-16-23(17-15-21)29-19-26(25-11-5-6-12-28(25)31-29)30(33)32-27-13-7-9-22-8-3-4-10-24(22)27/h3-6,8,10-12,14-17,19-20,27H,7,9,13,18H2,1-2H3,(H,32,33)/t27-/m0/s1. The molecule has 0 saturated heterocycles. The van der Waals surface area contributed by atoms with Crippen LogP contribution in [0.4, 0.5) is 0 Å². The van der Waals surface area contributed by atoms with Gasteiger partial charge < -0.3 is 5.32 Å². The van der Waals surface area contributed by atoms with Gasteiger partial charge in [0.05, 0.1) is 22.8 Å². The first kappa shape index (κ1) is 21.4. The fraction of sp³-hybridized carbons (Fsp3) is 0.267. The van der Waals surface area contributed by atoms with Gasteiger partial charge in [-0.2, -0.15) is 0 Å². The number of aryl methyl sites for hydroxylation is 1. The summed E-state index contributed by atoms with van der Waals surface area (Å²) in [5.74, 6) is 0.586. The highest BCUT2D eigenvalue weighted by atomic mass is 16.1. The molecule has 1 aromatic heterocycles. The Balaban J connectivity index is 1.50. The van der Waals surface area contributed by atoms with Crippen LogP contribution in [-0.2, 0) is 12.8 Å². The molecule has 1 amide bonds. The smallest absolute Gasteiger partial charge is 0.252 e. The number of carbonyl (C=O) groups is 1. The van der Waals surface area contributed by atoms with Gasteiger partial charge in [-0.1, -0.05) is 80.6 Å². The number of pyridine rings is 1. The summed E-state index contributed by atoms with van der Waals surface area (Å²) in [7, 11) is 0. The Hall–Kier alpha value is -3.46. The summed E-state index contributed by atoms with van der Waals surface area (Å²) in [6.45, 7) is 4.46. The SMILES string of the molecule is CC(C)Cc1ccc(-c2cc(C(=O)N[C@H]3CCCc4ccccc43)c3ccccc3n2)cc1. The summed E-state index contributed by atoms with van der Waals surface area (Å²) >= 11 is 0. The van der Waals surface area contributed by atoms with Crippen LogP contribution in [0, 0.1) is 5.92 Å². The van der Waals surface area contributed by atoms with Crippen LogP contribution < -0.4 is 5.32 Å². The number of carbonyl (C=O) groups excluding carboxylic acids is 1. The molecule has 0 bridgehead atoms. The van der Waals surface area contributed by atoms with E-state index in [1.54, 1.807) is 0 Å². The minimum atomic E-state index is -0.0343. The highest BCUT2D eigenvalue weighted by molar-refractivity contribution is 6.07. The zero-order chi connectivity index (χ0) is 22.8. The van der Waals surface area contributed by atoms with Gasteiger partial charge in [-0.05, 0) is 60.4 Å². The summed E-state index contributed by atoms with van der Waals surface area (Å²) in [5.41, 5.74) is 7.31. The van der Waals surface area contributed by atoms with E-state index in [4.69, 9.17) is 4.98 Å². The van der Waals surface area contributed by atoms with E-state index in [0.29, 0.717) is 11.5 Å². The Morgan fingerprint density at radius 2 is 1.76 bits per heavy atom. The zero-order valence-corrected chi connectivity index (χ0v) is 19.3. The summed E-state index contributed by atoms with van der Waals surface area (Å²) in [6.07, 6.45) is 4.20. The number of benzene rings is 3. The van der Waals surface area contributed by atoms with Gasteiger partial charge in [0.25, 0.3) is 5.91 Å². The van der Waals surface area contributed by atoms with E-state index in [9.17, 15) is 4.79 Å². The highest BCUT2D eigenvalue weighted by Gasteiger charge is 2.23. The maximum atomic E-state index is 13.6. The van der Waals surface area contributed by atoms with Crippen molar-refractivity contribution in [3.63, 3.8) is 0 Å².